The van der Waals surface area contributed by atoms with Crippen LogP contribution in [0.25, 0.3) is 0 Å². The lowest BCUT2D eigenvalue weighted by Gasteiger charge is -2.47. The van der Waals surface area contributed by atoms with Gasteiger partial charge in [0.2, 0.25) is 5.79 Å². The summed E-state index contributed by atoms with van der Waals surface area (Å²) in [4.78, 5) is 58.4. The fourth-order valence-electron chi connectivity index (χ4n) is 9.72. The van der Waals surface area contributed by atoms with Crippen molar-refractivity contribution in [3.63, 3.8) is 0 Å². The Bertz CT molecular complexity index is 1570. The van der Waals surface area contributed by atoms with Gasteiger partial charge in [-0.15, -0.1) is 0 Å². The molecule has 340 valence electrons. The topological polar surface area (TPSA) is 178 Å². The first-order valence-electron chi connectivity index (χ1n) is 22.3. The second kappa shape index (κ2) is 22.5. The molecule has 0 spiro atoms. The number of nitrogens with zero attached hydrogens (tertiary/aromatic N) is 1. The van der Waals surface area contributed by atoms with Crippen LogP contribution in [0, 0.1) is 29.6 Å². The minimum Gasteiger partial charge on any atom is -0.456 e. The maximum Gasteiger partial charge on any atom is 0.329 e. The van der Waals surface area contributed by atoms with E-state index in [2.05, 4.69) is 19.9 Å². The zero-order valence-corrected chi connectivity index (χ0v) is 37.9. The molecule has 4 aliphatic rings. The molecule has 13 nitrogen and oxygen atoms in total. The number of fused-ring (bicyclic) bond motifs is 3. The Hall–Kier alpha value is -2.78. The minimum atomic E-state index is -2.51. The van der Waals surface area contributed by atoms with Gasteiger partial charge in [0.05, 0.1) is 30.5 Å². The van der Waals surface area contributed by atoms with E-state index >= 15 is 0 Å². The highest BCUT2D eigenvalue weighted by Gasteiger charge is 2.56. The molecule has 0 aromatic heterocycles. The fourth-order valence-corrected chi connectivity index (χ4v) is 9.72. The van der Waals surface area contributed by atoms with Crippen molar-refractivity contribution in [2.75, 3.05) is 27.9 Å². The largest absolute Gasteiger partial charge is 0.456 e. The van der Waals surface area contributed by atoms with Gasteiger partial charge in [-0.2, -0.15) is 0 Å². The van der Waals surface area contributed by atoms with E-state index in [1.165, 1.54) is 19.1 Å². The van der Waals surface area contributed by atoms with Crippen molar-refractivity contribution >= 4 is 23.4 Å². The molecule has 13 heteroatoms. The summed E-state index contributed by atoms with van der Waals surface area (Å²) in [6, 6.07) is -1.14. The molecule has 0 aromatic rings. The van der Waals surface area contributed by atoms with Crippen LogP contribution in [0.2, 0.25) is 0 Å². The van der Waals surface area contributed by atoms with E-state index < -0.39 is 83.9 Å². The smallest absolute Gasteiger partial charge is 0.329 e. The zero-order chi connectivity index (χ0) is 44.5. The van der Waals surface area contributed by atoms with Gasteiger partial charge in [-0.1, -0.05) is 57.1 Å². The van der Waals surface area contributed by atoms with Gasteiger partial charge in [0.1, 0.15) is 24.0 Å². The number of aliphatic hydroxyl groups is 3. The van der Waals surface area contributed by atoms with Crippen LogP contribution in [-0.4, -0.2) is 126 Å². The van der Waals surface area contributed by atoms with Crippen molar-refractivity contribution in [1.82, 2.24) is 4.90 Å². The van der Waals surface area contributed by atoms with Crippen molar-refractivity contribution in [2.24, 2.45) is 29.6 Å². The zero-order valence-electron chi connectivity index (χ0n) is 37.9. The molecule has 60 heavy (non-hydrogen) atoms. The predicted molar refractivity (Wildman–Crippen MR) is 226 cm³/mol. The highest BCUT2D eigenvalue weighted by atomic mass is 16.7. The van der Waals surface area contributed by atoms with Gasteiger partial charge in [0.25, 0.3) is 11.7 Å². The van der Waals surface area contributed by atoms with E-state index in [9.17, 15) is 34.5 Å². The normalized spacial score (nSPS) is 39.9. The van der Waals surface area contributed by atoms with Gasteiger partial charge in [-0.3, -0.25) is 14.4 Å². The summed E-state index contributed by atoms with van der Waals surface area (Å²) in [6.45, 7) is 13.5. The number of allylic oxidation sites excluding steroid dienone is 5. The number of aliphatic hydroxyl groups excluding tert-OH is 2. The number of rotatable bonds is 8. The highest BCUT2D eigenvalue weighted by Crippen LogP contribution is 2.39. The van der Waals surface area contributed by atoms with Crippen LogP contribution < -0.4 is 0 Å². The predicted octanol–water partition coefficient (Wildman–Crippen LogP) is 5.81. The van der Waals surface area contributed by atoms with Gasteiger partial charge < -0.3 is 43.9 Å². The van der Waals surface area contributed by atoms with E-state index in [1.54, 1.807) is 21.0 Å². The number of carbonyl (C=O) groups is 4. The Kier molecular flexibility index (Phi) is 18.7. The lowest BCUT2D eigenvalue weighted by molar-refractivity contribution is -0.302. The molecule has 1 amide bonds. The summed E-state index contributed by atoms with van der Waals surface area (Å²) in [5.41, 5.74) is 2.80. The van der Waals surface area contributed by atoms with E-state index in [4.69, 9.17) is 23.7 Å². The molecule has 0 unspecified atom stereocenters. The van der Waals surface area contributed by atoms with Crippen molar-refractivity contribution in [1.29, 1.82) is 0 Å². The summed E-state index contributed by atoms with van der Waals surface area (Å²) >= 11 is 0. The Balaban J connectivity index is 1.80. The molecular weight excluding hydrogens is 771 g/mol. The molecule has 3 fully saturated rings. The van der Waals surface area contributed by atoms with Crippen LogP contribution in [0.5, 0.6) is 0 Å². The van der Waals surface area contributed by atoms with Crippen LogP contribution >= 0.6 is 0 Å². The summed E-state index contributed by atoms with van der Waals surface area (Å²) < 4.78 is 29.9. The van der Waals surface area contributed by atoms with E-state index in [-0.39, 0.29) is 49.5 Å². The number of esters is 1. The maximum atomic E-state index is 14.4. The lowest BCUT2D eigenvalue weighted by atomic mass is 9.81. The van der Waals surface area contributed by atoms with E-state index in [0.29, 0.717) is 56.9 Å². The van der Waals surface area contributed by atoms with Gasteiger partial charge in [-0.05, 0) is 109 Å². The Morgan fingerprint density at radius 1 is 0.900 bits per heavy atom. The summed E-state index contributed by atoms with van der Waals surface area (Å²) in [5, 5.41) is 34.4. The first-order valence-corrected chi connectivity index (χ1v) is 22.3. The molecule has 0 aromatic carbocycles. The molecular formula is C47H75NO12. The molecule has 4 rings (SSSR count). The molecule has 3 aliphatic heterocycles. The molecule has 3 N–H and O–H groups in total. The molecule has 1 aliphatic carbocycles. The number of hydrogen-bond acceptors (Lipinski definition) is 12. The molecule has 0 radical (unpaired) electrons. The number of amides is 1. The third-order valence-electron chi connectivity index (χ3n) is 13.7. The highest BCUT2D eigenvalue weighted by molar-refractivity contribution is 6.39. The summed E-state index contributed by atoms with van der Waals surface area (Å²) in [5.74, 6) is -7.66. The van der Waals surface area contributed by atoms with Gasteiger partial charge in [-0.25, -0.2) is 4.79 Å². The van der Waals surface area contributed by atoms with Crippen LogP contribution in [0.4, 0.5) is 0 Å². The number of ketones is 2. The number of carbonyl (C=O) groups excluding carboxylic acids is 4. The second-order valence-corrected chi connectivity index (χ2v) is 18.4. The average molecular weight is 846 g/mol. The van der Waals surface area contributed by atoms with Gasteiger partial charge in [0.15, 0.2) is 0 Å². The molecule has 2 bridgehead atoms. The van der Waals surface area contributed by atoms with Crippen molar-refractivity contribution in [3.8, 4) is 0 Å². The molecule has 3 heterocycles. The van der Waals surface area contributed by atoms with Crippen LogP contribution in [0.3, 0.4) is 0 Å². The van der Waals surface area contributed by atoms with E-state index in [0.717, 1.165) is 17.6 Å². The van der Waals surface area contributed by atoms with Crippen molar-refractivity contribution in [3.05, 3.63) is 34.9 Å². The fraction of sp³-hybridized carbons (Fsp3) is 0.787. The Morgan fingerprint density at radius 2 is 1.57 bits per heavy atom. The van der Waals surface area contributed by atoms with Crippen LogP contribution in [0.1, 0.15) is 126 Å². The van der Waals surface area contributed by atoms with Crippen molar-refractivity contribution in [2.45, 2.75) is 180 Å². The summed E-state index contributed by atoms with van der Waals surface area (Å²) in [6.07, 6.45) is 6.42. The van der Waals surface area contributed by atoms with Gasteiger partial charge in [0, 0.05) is 52.0 Å². The Labute approximate surface area is 358 Å². The average Bonchev–Trinajstić information content (AvgIpc) is 3.23. The van der Waals surface area contributed by atoms with Crippen LogP contribution in [0.15, 0.2) is 34.9 Å². The Morgan fingerprint density at radius 3 is 2.22 bits per heavy atom. The molecule has 14 atom stereocenters. The number of piperidine rings is 1. The molecule has 1 saturated carbocycles. The monoisotopic (exact) mass is 846 g/mol. The number of hydrogen-bond donors (Lipinski definition) is 3. The second-order valence-electron chi connectivity index (χ2n) is 18.4. The van der Waals surface area contributed by atoms with E-state index in [1.807, 2.05) is 32.9 Å². The van der Waals surface area contributed by atoms with Crippen LogP contribution in [-0.2, 0) is 42.9 Å². The SMILES string of the molecule is CC/C(C)=C/C[C@@H]1/C=C(\C)C[C@H](C)C[C@H](OC)[C@H]2O[C@@](O)(C(=O)C(=O)N3CCCC[C@H]3C(=O)O[C@H](/C(C)=C/[C@@H]3CC[C@@H](O)[C@H](OC)C3)[C@H](C)[C@@H](O)CC1=O)[C@H](C)C[C@@H]2OC. The number of ether oxygens (including phenoxy) is 5. The quantitative estimate of drug-likeness (QED) is 0.152. The molecule has 2 saturated heterocycles. The number of Topliss-reactive ketones (excluding diaryl/α,β-unsaturated/α-hetero) is 2. The standard InChI is InChI=1S/C47H75NO12/c1-11-27(2)15-17-34-21-28(3)20-29(4)22-40(57-9)43-41(58-10)24-31(6)47(55,60-43)44(52)45(53)48-19-13-12-14-35(48)46(54)59-42(32(7)37(50)26-38(34)51)30(5)23-33-16-18-36(49)39(25-33)56-8/h15,21,23,29,31-37,39-43,49-50,55H,11-14,16-20,22,24-26H2,1-10H3/b27-15+,28-21+,30-23+/t29-,31+,32+,33-,34+,35-,36+,37-,39+,40-,41-,42+,43+,47+/m0/s1. The first-order chi connectivity index (χ1) is 28.4. The number of methoxy groups -OCH3 is 3. The first kappa shape index (κ1) is 49.9. The lowest BCUT2D eigenvalue weighted by Crippen LogP contribution is -2.64. The summed E-state index contributed by atoms with van der Waals surface area (Å²) in [7, 11) is 4.64. The third-order valence-corrected chi connectivity index (χ3v) is 13.7. The number of cyclic esters (lactones) is 1. The minimum absolute atomic E-state index is 0.00973. The van der Waals surface area contributed by atoms with Gasteiger partial charge >= 0.3 is 5.97 Å². The van der Waals surface area contributed by atoms with Crippen molar-refractivity contribution < 1.29 is 58.2 Å². The maximum absolute atomic E-state index is 14.4. The third kappa shape index (κ3) is 12.2.